The summed E-state index contributed by atoms with van der Waals surface area (Å²) in [5, 5.41) is 3.29. The Morgan fingerprint density at radius 2 is 2.15 bits per heavy atom. The summed E-state index contributed by atoms with van der Waals surface area (Å²) in [5.41, 5.74) is 4.33. The summed E-state index contributed by atoms with van der Waals surface area (Å²) >= 11 is 1.26. The monoisotopic (exact) mass is 192 g/mol. The number of benzene rings is 1. The highest BCUT2D eigenvalue weighted by atomic mass is 32.1. The van der Waals surface area contributed by atoms with Gasteiger partial charge < -0.3 is 10.2 Å². The molecular formula is C8H8N4S. The summed E-state index contributed by atoms with van der Waals surface area (Å²) in [4.78, 5) is 2.16. The van der Waals surface area contributed by atoms with Crippen molar-refractivity contribution in [3.63, 3.8) is 0 Å². The molecule has 1 N–H and O–H groups in total. The fourth-order valence-corrected chi connectivity index (χ4v) is 2.08. The number of hydrogen-bond acceptors (Lipinski definition) is 5. The predicted octanol–water partition coefficient (Wildman–Crippen LogP) is 1.51. The van der Waals surface area contributed by atoms with Crippen molar-refractivity contribution in [3.8, 4) is 0 Å². The summed E-state index contributed by atoms with van der Waals surface area (Å²) in [6.45, 7) is 0.866. The minimum Gasteiger partial charge on any atom is -0.366 e. The van der Waals surface area contributed by atoms with Crippen molar-refractivity contribution in [2.45, 2.75) is 0 Å². The largest absolute Gasteiger partial charge is 0.366 e. The van der Waals surface area contributed by atoms with E-state index in [1.165, 1.54) is 17.4 Å². The van der Waals surface area contributed by atoms with Crippen LogP contribution >= 0.6 is 11.7 Å². The lowest BCUT2D eigenvalue weighted by Crippen LogP contribution is -2.15. The molecular weight excluding hydrogens is 184 g/mol. The predicted molar refractivity (Wildman–Crippen MR) is 54.3 cm³/mol. The van der Waals surface area contributed by atoms with Crippen molar-refractivity contribution in [3.05, 3.63) is 12.1 Å². The second-order valence-corrected chi connectivity index (χ2v) is 3.68. The van der Waals surface area contributed by atoms with Crippen molar-refractivity contribution in [2.24, 2.45) is 0 Å². The van der Waals surface area contributed by atoms with Gasteiger partial charge in [-0.1, -0.05) is 0 Å². The molecule has 0 unspecified atom stereocenters. The van der Waals surface area contributed by atoms with Crippen LogP contribution in [0.15, 0.2) is 12.1 Å². The fraction of sp³-hybridized carbons (Fsp3) is 0.250. The summed E-state index contributed by atoms with van der Waals surface area (Å²) in [6.07, 6.45) is 0. The highest BCUT2D eigenvalue weighted by molar-refractivity contribution is 7.00. The highest BCUT2D eigenvalue weighted by Crippen LogP contribution is 2.33. The van der Waals surface area contributed by atoms with E-state index in [4.69, 9.17) is 0 Å². The van der Waals surface area contributed by atoms with E-state index in [0.717, 1.165) is 23.4 Å². The topological polar surface area (TPSA) is 41.0 Å². The van der Waals surface area contributed by atoms with Crippen molar-refractivity contribution < 1.29 is 0 Å². The maximum Gasteiger partial charge on any atom is 0.107 e. The Hall–Kier alpha value is -1.36. The fourth-order valence-electron chi connectivity index (χ4n) is 1.57. The first kappa shape index (κ1) is 7.08. The third-order valence-electron chi connectivity index (χ3n) is 2.29. The van der Waals surface area contributed by atoms with E-state index in [1.54, 1.807) is 0 Å². The Morgan fingerprint density at radius 1 is 1.38 bits per heavy atom. The number of hydrogen-bond donors (Lipinski definition) is 1. The second-order valence-electron chi connectivity index (χ2n) is 3.16. The van der Waals surface area contributed by atoms with Gasteiger partial charge in [0.15, 0.2) is 0 Å². The summed E-state index contributed by atoms with van der Waals surface area (Å²) in [7, 11) is 2.06. The molecule has 4 nitrogen and oxygen atoms in total. The molecule has 1 aliphatic rings. The van der Waals surface area contributed by atoms with Gasteiger partial charge in [-0.25, -0.2) is 0 Å². The lowest BCUT2D eigenvalue weighted by atomic mass is 10.2. The number of fused-ring (bicyclic) bond motifs is 2. The lowest BCUT2D eigenvalue weighted by molar-refractivity contribution is 1.03. The maximum atomic E-state index is 4.21. The SMILES string of the molecule is CN1CNc2cc3nsnc3cc21. The molecule has 0 radical (unpaired) electrons. The molecule has 0 aliphatic carbocycles. The molecule has 0 saturated carbocycles. The summed E-state index contributed by atoms with van der Waals surface area (Å²) in [5.74, 6) is 0. The summed E-state index contributed by atoms with van der Waals surface area (Å²) < 4.78 is 8.40. The second kappa shape index (κ2) is 2.32. The molecule has 1 aromatic carbocycles. The number of nitrogens with zero attached hydrogens (tertiary/aromatic N) is 3. The van der Waals surface area contributed by atoms with E-state index in [9.17, 15) is 0 Å². The van der Waals surface area contributed by atoms with E-state index >= 15 is 0 Å². The molecule has 0 amide bonds. The number of nitrogens with one attached hydrogen (secondary N) is 1. The van der Waals surface area contributed by atoms with Crippen LogP contribution in [0, 0.1) is 0 Å². The van der Waals surface area contributed by atoms with E-state index in [0.29, 0.717) is 0 Å². The first-order chi connectivity index (χ1) is 6.34. The first-order valence-corrected chi connectivity index (χ1v) is 4.79. The normalized spacial score (nSPS) is 14.7. The molecule has 2 heterocycles. The molecule has 2 aromatic rings. The number of rotatable bonds is 0. The third kappa shape index (κ3) is 0.904. The van der Waals surface area contributed by atoms with Crippen LogP contribution in [0.5, 0.6) is 0 Å². The molecule has 0 atom stereocenters. The van der Waals surface area contributed by atoms with Gasteiger partial charge >= 0.3 is 0 Å². The molecule has 1 aromatic heterocycles. The van der Waals surface area contributed by atoms with Gasteiger partial charge in [0.2, 0.25) is 0 Å². The zero-order chi connectivity index (χ0) is 8.84. The minimum absolute atomic E-state index is 0.866. The minimum atomic E-state index is 0.866. The van der Waals surface area contributed by atoms with Crippen LogP contribution in [0.3, 0.4) is 0 Å². The van der Waals surface area contributed by atoms with Crippen LogP contribution in [0.4, 0.5) is 11.4 Å². The van der Waals surface area contributed by atoms with Crippen molar-refractivity contribution in [2.75, 3.05) is 23.9 Å². The van der Waals surface area contributed by atoms with Gasteiger partial charge in [0.25, 0.3) is 0 Å². The Bertz CT molecular complexity index is 464. The van der Waals surface area contributed by atoms with Gasteiger partial charge in [0, 0.05) is 7.05 Å². The van der Waals surface area contributed by atoms with E-state index < -0.39 is 0 Å². The quantitative estimate of drug-likeness (QED) is 0.687. The molecule has 0 fully saturated rings. The third-order valence-corrected chi connectivity index (χ3v) is 2.85. The Kier molecular flexibility index (Phi) is 1.26. The summed E-state index contributed by atoms with van der Waals surface area (Å²) in [6, 6.07) is 4.13. The highest BCUT2D eigenvalue weighted by Gasteiger charge is 2.16. The van der Waals surface area contributed by atoms with Crippen LogP contribution < -0.4 is 10.2 Å². The molecule has 3 rings (SSSR count). The van der Waals surface area contributed by atoms with E-state index in [2.05, 4.69) is 38.1 Å². The number of aromatic nitrogens is 2. The zero-order valence-electron chi connectivity index (χ0n) is 7.11. The Labute approximate surface area is 79.5 Å². The molecule has 0 spiro atoms. The van der Waals surface area contributed by atoms with E-state index in [-0.39, 0.29) is 0 Å². The molecule has 66 valence electrons. The average molecular weight is 192 g/mol. The van der Waals surface area contributed by atoms with Crippen molar-refractivity contribution in [1.29, 1.82) is 0 Å². The van der Waals surface area contributed by atoms with Crippen LogP contribution in [-0.4, -0.2) is 22.5 Å². The van der Waals surface area contributed by atoms with Crippen LogP contribution in [0.25, 0.3) is 11.0 Å². The Balaban J connectivity index is 2.34. The standard InChI is InChI=1S/C8H8N4S/c1-12-4-9-7-2-5-6(3-8(7)12)11-13-10-5/h2-3,9H,4H2,1H3. The van der Waals surface area contributed by atoms with Gasteiger partial charge in [0.05, 0.1) is 29.8 Å². The molecule has 13 heavy (non-hydrogen) atoms. The molecule has 1 aliphatic heterocycles. The van der Waals surface area contributed by atoms with Gasteiger partial charge in [-0.3, -0.25) is 0 Å². The maximum absolute atomic E-state index is 4.21. The Morgan fingerprint density at radius 3 is 3.00 bits per heavy atom. The van der Waals surface area contributed by atoms with Crippen LogP contribution in [0.2, 0.25) is 0 Å². The van der Waals surface area contributed by atoms with Crippen molar-refractivity contribution >= 4 is 34.1 Å². The average Bonchev–Trinajstić information content (AvgIpc) is 2.70. The van der Waals surface area contributed by atoms with Crippen molar-refractivity contribution in [1.82, 2.24) is 8.75 Å². The van der Waals surface area contributed by atoms with Gasteiger partial charge in [-0.05, 0) is 12.1 Å². The van der Waals surface area contributed by atoms with Crippen LogP contribution in [-0.2, 0) is 0 Å². The van der Waals surface area contributed by atoms with Gasteiger partial charge in [0.1, 0.15) is 11.0 Å². The smallest absolute Gasteiger partial charge is 0.107 e. The van der Waals surface area contributed by atoms with Gasteiger partial charge in [-0.2, -0.15) is 8.75 Å². The molecule has 0 bridgehead atoms. The number of anilines is 2. The van der Waals surface area contributed by atoms with E-state index in [1.807, 2.05) is 0 Å². The van der Waals surface area contributed by atoms with Gasteiger partial charge in [-0.15, -0.1) is 0 Å². The first-order valence-electron chi connectivity index (χ1n) is 4.06. The molecule has 0 saturated heterocycles. The van der Waals surface area contributed by atoms with Crippen LogP contribution in [0.1, 0.15) is 0 Å². The lowest BCUT2D eigenvalue weighted by Gasteiger charge is -2.08. The zero-order valence-corrected chi connectivity index (χ0v) is 7.93. The molecule has 5 heteroatoms.